The molecule has 2 heterocycles. The minimum Gasteiger partial charge on any atom is -0.378 e. The molecule has 2 fully saturated rings. The van der Waals surface area contributed by atoms with E-state index in [1.54, 1.807) is 0 Å². The third-order valence-corrected chi connectivity index (χ3v) is 6.01. The Morgan fingerprint density at radius 2 is 2.00 bits per heavy atom. The zero-order valence-electron chi connectivity index (χ0n) is 13.0. The van der Waals surface area contributed by atoms with Crippen molar-refractivity contribution in [2.75, 3.05) is 19.8 Å². The van der Waals surface area contributed by atoms with Gasteiger partial charge in [-0.15, -0.1) is 11.8 Å². The van der Waals surface area contributed by atoms with E-state index >= 15 is 0 Å². The lowest BCUT2D eigenvalue weighted by Gasteiger charge is -2.24. The maximum Gasteiger partial charge on any atom is 0.243 e. The van der Waals surface area contributed by atoms with Crippen molar-refractivity contribution in [1.82, 2.24) is 15.5 Å². The van der Waals surface area contributed by atoms with Crippen LogP contribution in [0.15, 0.2) is 39.8 Å². The van der Waals surface area contributed by atoms with Gasteiger partial charge in [0.2, 0.25) is 5.89 Å². The van der Waals surface area contributed by atoms with Gasteiger partial charge in [0.1, 0.15) is 0 Å². The van der Waals surface area contributed by atoms with E-state index in [9.17, 15) is 0 Å². The summed E-state index contributed by atoms with van der Waals surface area (Å²) in [5.74, 6) is 1.49. The van der Waals surface area contributed by atoms with Crippen molar-refractivity contribution >= 4 is 11.8 Å². The number of nitrogens with one attached hydrogen (secondary N) is 1. The van der Waals surface area contributed by atoms with Gasteiger partial charge in [0.05, 0.1) is 24.0 Å². The highest BCUT2D eigenvalue weighted by Crippen LogP contribution is 2.52. The number of aromatic nitrogens is 2. The Hall–Kier alpha value is -1.37. The van der Waals surface area contributed by atoms with Gasteiger partial charge in [0.25, 0.3) is 0 Å². The molecular formula is C17H21N3O2S. The lowest BCUT2D eigenvalue weighted by Crippen LogP contribution is -2.35. The molecule has 5 nitrogen and oxygen atoms in total. The predicted molar refractivity (Wildman–Crippen MR) is 88.3 cm³/mol. The van der Waals surface area contributed by atoms with Crippen molar-refractivity contribution in [2.24, 2.45) is 0 Å². The molecule has 122 valence electrons. The summed E-state index contributed by atoms with van der Waals surface area (Å²) in [5.41, 5.74) is 0. The van der Waals surface area contributed by atoms with Crippen LogP contribution < -0.4 is 5.32 Å². The van der Waals surface area contributed by atoms with Crippen LogP contribution in [0.3, 0.4) is 0 Å². The van der Waals surface area contributed by atoms with Gasteiger partial charge in [-0.05, 0) is 25.0 Å². The second kappa shape index (κ2) is 6.63. The third kappa shape index (κ3) is 3.16. The average Bonchev–Trinajstić information content (AvgIpc) is 3.27. The number of hydrogen-bond acceptors (Lipinski definition) is 6. The first-order valence-corrected chi connectivity index (χ1v) is 9.07. The normalized spacial score (nSPS) is 23.9. The number of morpholine rings is 1. The minimum absolute atomic E-state index is 0.0430. The molecule has 0 bridgehead atoms. The number of hydrogen-bond donors (Lipinski definition) is 1. The highest BCUT2D eigenvalue weighted by molar-refractivity contribution is 8.00. The zero-order valence-corrected chi connectivity index (χ0v) is 13.8. The molecule has 0 spiro atoms. The summed E-state index contributed by atoms with van der Waals surface area (Å²) in [5, 5.41) is 7.61. The highest BCUT2D eigenvalue weighted by Gasteiger charge is 2.42. The van der Waals surface area contributed by atoms with Gasteiger partial charge in [-0.1, -0.05) is 36.2 Å². The van der Waals surface area contributed by atoms with Crippen LogP contribution in [-0.2, 0) is 9.48 Å². The fraction of sp³-hybridized carbons (Fsp3) is 0.529. The average molecular weight is 331 g/mol. The van der Waals surface area contributed by atoms with Gasteiger partial charge >= 0.3 is 0 Å². The second-order valence-corrected chi connectivity index (χ2v) is 7.61. The minimum atomic E-state index is -0.0812. The quantitative estimate of drug-likeness (QED) is 0.928. The molecule has 0 amide bonds. The number of thioether (sulfide) groups is 1. The van der Waals surface area contributed by atoms with Crippen LogP contribution in [0.2, 0.25) is 0 Å². The topological polar surface area (TPSA) is 60.2 Å². The van der Waals surface area contributed by atoms with Crippen LogP contribution in [0.5, 0.6) is 0 Å². The monoisotopic (exact) mass is 331 g/mol. The van der Waals surface area contributed by atoms with E-state index in [0.29, 0.717) is 6.61 Å². The molecule has 1 saturated carbocycles. The van der Waals surface area contributed by atoms with Crippen LogP contribution in [0.1, 0.15) is 43.4 Å². The standard InChI is InChI=1S/C17H21N3O2S/c1-2-6-13(7-3-1)23-17(8-4-5-9-17)16-19-15(20-22-16)14-12-21-11-10-18-14/h1-3,6-7,14,18H,4-5,8-12H2/t14-/m0/s1. The Kier molecular flexibility index (Phi) is 4.37. The van der Waals surface area contributed by atoms with Gasteiger partial charge in [-0.25, -0.2) is 0 Å². The molecule has 1 N–H and O–H groups in total. The van der Waals surface area contributed by atoms with E-state index in [-0.39, 0.29) is 10.8 Å². The number of benzene rings is 1. The van der Waals surface area contributed by atoms with Gasteiger partial charge in [-0.2, -0.15) is 4.98 Å². The lowest BCUT2D eigenvalue weighted by molar-refractivity contribution is 0.0734. The first-order chi connectivity index (χ1) is 11.4. The molecule has 1 aromatic heterocycles. The van der Waals surface area contributed by atoms with E-state index in [4.69, 9.17) is 14.2 Å². The summed E-state index contributed by atoms with van der Waals surface area (Å²) in [4.78, 5) is 6.00. The molecule has 0 unspecified atom stereocenters. The molecule has 1 aromatic carbocycles. The van der Waals surface area contributed by atoms with Crippen LogP contribution in [0.25, 0.3) is 0 Å². The lowest BCUT2D eigenvalue weighted by atomic mass is 10.1. The summed E-state index contributed by atoms with van der Waals surface area (Å²) in [6, 6.07) is 10.5. The third-order valence-electron chi connectivity index (χ3n) is 4.53. The fourth-order valence-electron chi connectivity index (χ4n) is 3.31. The van der Waals surface area contributed by atoms with Gasteiger partial charge in [0, 0.05) is 11.4 Å². The molecule has 1 aliphatic heterocycles. The van der Waals surface area contributed by atoms with E-state index in [0.717, 1.165) is 37.7 Å². The van der Waals surface area contributed by atoms with E-state index < -0.39 is 0 Å². The van der Waals surface area contributed by atoms with Gasteiger partial charge < -0.3 is 14.6 Å². The Morgan fingerprint density at radius 1 is 1.17 bits per heavy atom. The molecular weight excluding hydrogens is 310 g/mol. The fourth-order valence-corrected chi connectivity index (χ4v) is 4.72. The van der Waals surface area contributed by atoms with Gasteiger partial charge in [0.15, 0.2) is 5.82 Å². The summed E-state index contributed by atoms with van der Waals surface area (Å²) in [6.07, 6.45) is 4.59. The second-order valence-electron chi connectivity index (χ2n) is 6.16. The molecule has 2 aliphatic rings. The summed E-state index contributed by atoms with van der Waals surface area (Å²) < 4.78 is 11.1. The predicted octanol–water partition coefficient (Wildman–Crippen LogP) is 3.29. The maximum absolute atomic E-state index is 5.70. The molecule has 0 radical (unpaired) electrons. The van der Waals surface area contributed by atoms with Crippen molar-refractivity contribution in [2.45, 2.75) is 41.4 Å². The number of nitrogens with zero attached hydrogens (tertiary/aromatic N) is 2. The molecule has 1 saturated heterocycles. The van der Waals surface area contributed by atoms with Crippen molar-refractivity contribution < 1.29 is 9.26 Å². The van der Waals surface area contributed by atoms with Crippen molar-refractivity contribution in [3.8, 4) is 0 Å². The van der Waals surface area contributed by atoms with E-state index in [1.807, 2.05) is 17.8 Å². The Balaban J connectivity index is 1.59. The molecule has 1 atom stereocenters. The molecule has 6 heteroatoms. The van der Waals surface area contributed by atoms with Crippen molar-refractivity contribution in [3.63, 3.8) is 0 Å². The number of rotatable bonds is 4. The SMILES string of the molecule is c1ccc(SC2(c3nc([C@@H]4COCCN4)no3)CCCC2)cc1. The van der Waals surface area contributed by atoms with Crippen LogP contribution in [0, 0.1) is 0 Å². The summed E-state index contributed by atoms with van der Waals surface area (Å²) in [6.45, 7) is 2.19. The molecule has 2 aromatic rings. The molecule has 23 heavy (non-hydrogen) atoms. The summed E-state index contributed by atoms with van der Waals surface area (Å²) >= 11 is 1.86. The van der Waals surface area contributed by atoms with Crippen LogP contribution in [-0.4, -0.2) is 29.9 Å². The zero-order chi connectivity index (χ0) is 15.5. The Labute approximate surface area is 140 Å². The van der Waals surface area contributed by atoms with Crippen LogP contribution in [0.4, 0.5) is 0 Å². The highest BCUT2D eigenvalue weighted by atomic mass is 32.2. The van der Waals surface area contributed by atoms with Crippen molar-refractivity contribution in [3.05, 3.63) is 42.0 Å². The van der Waals surface area contributed by atoms with Gasteiger partial charge in [-0.3, -0.25) is 0 Å². The molecule has 4 rings (SSSR count). The van der Waals surface area contributed by atoms with Crippen molar-refractivity contribution in [1.29, 1.82) is 0 Å². The first-order valence-electron chi connectivity index (χ1n) is 8.25. The summed E-state index contributed by atoms with van der Waals surface area (Å²) in [7, 11) is 0. The maximum atomic E-state index is 5.70. The first kappa shape index (κ1) is 15.2. The Bertz CT molecular complexity index is 634. The largest absolute Gasteiger partial charge is 0.378 e. The Morgan fingerprint density at radius 3 is 2.74 bits per heavy atom. The molecule has 1 aliphatic carbocycles. The number of ether oxygens (including phenoxy) is 1. The van der Waals surface area contributed by atoms with E-state index in [1.165, 1.54) is 17.7 Å². The van der Waals surface area contributed by atoms with E-state index in [2.05, 4.69) is 34.7 Å². The smallest absolute Gasteiger partial charge is 0.243 e. The van der Waals surface area contributed by atoms with Crippen LogP contribution >= 0.6 is 11.8 Å².